The molecule has 2 aromatic carbocycles. The highest BCUT2D eigenvalue weighted by atomic mass is 16.5. The van der Waals surface area contributed by atoms with Crippen molar-refractivity contribution in [1.82, 2.24) is 4.90 Å². The molecule has 5 rings (SSSR count). The van der Waals surface area contributed by atoms with Crippen LogP contribution in [0.2, 0.25) is 0 Å². The van der Waals surface area contributed by atoms with Gasteiger partial charge in [-0.1, -0.05) is 25.1 Å². The second-order valence-corrected chi connectivity index (χ2v) is 11.1. The number of benzene rings is 2. The molecule has 208 valence electrons. The fraction of sp³-hybridized carbons (Fsp3) is 0.500. The number of hydrogen-bond donors (Lipinski definition) is 3. The largest absolute Gasteiger partial charge is 0.497 e. The van der Waals surface area contributed by atoms with Gasteiger partial charge in [-0.3, -0.25) is 14.4 Å². The lowest BCUT2D eigenvalue weighted by atomic mass is 9.62. The zero-order valence-corrected chi connectivity index (χ0v) is 22.7. The number of ether oxygens (including phenoxy) is 2. The number of amides is 3. The molecule has 3 amide bonds. The van der Waals surface area contributed by atoms with E-state index in [4.69, 9.17) is 9.47 Å². The Labute approximate surface area is 228 Å². The van der Waals surface area contributed by atoms with Crippen LogP contribution in [0.4, 0.5) is 11.4 Å². The van der Waals surface area contributed by atoms with Crippen molar-refractivity contribution in [2.45, 2.75) is 56.8 Å². The summed E-state index contributed by atoms with van der Waals surface area (Å²) in [6.45, 7) is 4.35. The average Bonchev–Trinajstić information content (AvgIpc) is 3.44. The summed E-state index contributed by atoms with van der Waals surface area (Å²) in [7, 11) is 1.58. The van der Waals surface area contributed by atoms with Crippen LogP contribution in [0, 0.1) is 17.8 Å². The van der Waals surface area contributed by atoms with Crippen LogP contribution < -0.4 is 15.4 Å². The zero-order chi connectivity index (χ0) is 27.8. The second-order valence-electron chi connectivity index (χ2n) is 11.1. The van der Waals surface area contributed by atoms with Gasteiger partial charge < -0.3 is 30.1 Å². The summed E-state index contributed by atoms with van der Waals surface area (Å²) in [4.78, 5) is 43.5. The van der Waals surface area contributed by atoms with Crippen LogP contribution in [0.15, 0.2) is 54.6 Å². The molecule has 9 heteroatoms. The smallest absolute Gasteiger partial charge is 0.250 e. The van der Waals surface area contributed by atoms with Gasteiger partial charge in [0.05, 0.1) is 24.5 Å². The first-order valence-electron chi connectivity index (χ1n) is 13.7. The minimum absolute atomic E-state index is 0.0429. The molecule has 3 saturated heterocycles. The van der Waals surface area contributed by atoms with Crippen molar-refractivity contribution in [2.24, 2.45) is 17.8 Å². The lowest BCUT2D eigenvalue weighted by molar-refractivity contribution is -0.144. The van der Waals surface area contributed by atoms with E-state index < -0.39 is 29.1 Å². The van der Waals surface area contributed by atoms with E-state index in [1.807, 2.05) is 44.2 Å². The Morgan fingerprint density at radius 2 is 1.69 bits per heavy atom. The van der Waals surface area contributed by atoms with E-state index in [9.17, 15) is 19.5 Å². The van der Waals surface area contributed by atoms with E-state index in [1.165, 1.54) is 0 Å². The Balaban J connectivity index is 1.48. The number of hydrogen-bond acceptors (Lipinski definition) is 6. The molecule has 3 fully saturated rings. The monoisotopic (exact) mass is 535 g/mol. The first kappa shape index (κ1) is 27.1. The van der Waals surface area contributed by atoms with E-state index in [0.717, 1.165) is 6.42 Å². The number of carbonyl (C=O) groups excluding carboxylic acids is 3. The summed E-state index contributed by atoms with van der Waals surface area (Å²) in [5.41, 5.74) is -0.771. The van der Waals surface area contributed by atoms with E-state index in [0.29, 0.717) is 42.9 Å². The molecule has 1 spiro atoms. The molecule has 3 aliphatic rings. The number of nitrogens with zero attached hydrogens (tertiary/aromatic N) is 1. The fourth-order valence-electron chi connectivity index (χ4n) is 6.88. The van der Waals surface area contributed by atoms with E-state index in [-0.39, 0.29) is 30.2 Å². The van der Waals surface area contributed by atoms with Crippen LogP contribution in [0.1, 0.15) is 39.5 Å². The third kappa shape index (κ3) is 4.57. The van der Waals surface area contributed by atoms with Gasteiger partial charge in [0.15, 0.2) is 0 Å². The number of para-hydroxylation sites is 1. The fourth-order valence-corrected chi connectivity index (χ4v) is 6.88. The Morgan fingerprint density at radius 3 is 2.36 bits per heavy atom. The molecule has 0 saturated carbocycles. The van der Waals surface area contributed by atoms with Gasteiger partial charge in [-0.2, -0.15) is 0 Å². The third-order valence-corrected chi connectivity index (χ3v) is 8.80. The standard InChI is InChI=1S/C30H37N3O6/c1-19-18-30-24(23(29(19,2)39-30)26(35)31-20-10-6-4-7-11-20)28(37)33(16-8-5-9-17-34)25(30)27(36)32-21-12-14-22(38-3)15-13-21/h4,6-7,10-15,19,23-25,34H,5,8-9,16-18H2,1-3H3,(H,31,35)(H,32,36)/t19?,23-,24+,25?,29+,30?/m1/s1. The maximum atomic E-state index is 14.1. The number of nitrogens with one attached hydrogen (secondary N) is 2. The first-order valence-corrected chi connectivity index (χ1v) is 13.7. The van der Waals surface area contributed by atoms with E-state index in [1.54, 1.807) is 36.3 Å². The molecule has 0 aliphatic carbocycles. The highest BCUT2D eigenvalue weighted by molar-refractivity contribution is 6.05. The second kappa shape index (κ2) is 10.6. The van der Waals surface area contributed by atoms with E-state index >= 15 is 0 Å². The van der Waals surface area contributed by atoms with Crippen LogP contribution in [0.5, 0.6) is 5.75 Å². The molecule has 3 unspecified atom stereocenters. The van der Waals surface area contributed by atoms with E-state index in [2.05, 4.69) is 10.6 Å². The van der Waals surface area contributed by atoms with Crippen LogP contribution in [0.3, 0.4) is 0 Å². The number of likely N-dealkylation sites (tertiary alicyclic amines) is 1. The number of carbonyl (C=O) groups is 3. The van der Waals surface area contributed by atoms with Gasteiger partial charge in [0, 0.05) is 24.5 Å². The summed E-state index contributed by atoms with van der Waals surface area (Å²) in [5, 5.41) is 15.2. The Kier molecular flexibility index (Phi) is 7.39. The van der Waals surface area contributed by atoms with Crippen LogP contribution in [-0.2, 0) is 19.1 Å². The quantitative estimate of drug-likeness (QED) is 0.401. The van der Waals surface area contributed by atoms with Crippen LogP contribution in [-0.4, -0.2) is 65.2 Å². The SMILES string of the molecule is COc1ccc(NC(=O)C2N(CCCCCO)C(=O)[C@@H]3[C@H](C(=O)Nc4ccccc4)[C@@]4(C)OC23CC4C)cc1. The van der Waals surface area contributed by atoms with Crippen molar-refractivity contribution in [3.05, 3.63) is 54.6 Å². The number of aliphatic hydroxyl groups excluding tert-OH is 1. The molecule has 3 N–H and O–H groups in total. The average molecular weight is 536 g/mol. The van der Waals surface area contributed by atoms with Gasteiger partial charge in [-0.25, -0.2) is 0 Å². The normalized spacial score (nSPS) is 30.8. The molecular weight excluding hydrogens is 498 g/mol. The number of fused-ring (bicyclic) bond motifs is 1. The van der Waals surface area contributed by atoms with Gasteiger partial charge in [0.1, 0.15) is 17.4 Å². The maximum absolute atomic E-state index is 14.1. The predicted octanol–water partition coefficient (Wildman–Crippen LogP) is 3.45. The molecule has 0 radical (unpaired) electrons. The van der Waals surface area contributed by atoms with Crippen molar-refractivity contribution in [3.8, 4) is 5.75 Å². The number of rotatable bonds is 10. The number of unbranched alkanes of at least 4 members (excludes halogenated alkanes) is 2. The van der Waals surface area contributed by atoms with Gasteiger partial charge in [-0.15, -0.1) is 0 Å². The van der Waals surface area contributed by atoms with Gasteiger partial charge in [-0.05, 0) is 74.9 Å². The minimum atomic E-state index is -1.11. The third-order valence-electron chi connectivity index (χ3n) is 8.80. The zero-order valence-electron chi connectivity index (χ0n) is 22.7. The highest BCUT2D eigenvalue weighted by Crippen LogP contribution is 2.65. The summed E-state index contributed by atoms with van der Waals surface area (Å²) in [6, 6.07) is 15.3. The lowest BCUT2D eigenvalue weighted by Crippen LogP contribution is -2.54. The van der Waals surface area contributed by atoms with Crippen molar-refractivity contribution in [3.63, 3.8) is 0 Å². The summed E-state index contributed by atoms with van der Waals surface area (Å²) in [6.07, 6.45) is 2.47. The number of methoxy groups -OCH3 is 1. The molecule has 2 aromatic rings. The maximum Gasteiger partial charge on any atom is 0.250 e. The molecule has 0 aromatic heterocycles. The van der Waals surface area contributed by atoms with Crippen molar-refractivity contribution in [1.29, 1.82) is 0 Å². The van der Waals surface area contributed by atoms with Crippen LogP contribution in [0.25, 0.3) is 0 Å². The Bertz CT molecular complexity index is 1220. The van der Waals surface area contributed by atoms with Gasteiger partial charge >= 0.3 is 0 Å². The van der Waals surface area contributed by atoms with Crippen molar-refractivity contribution >= 4 is 29.1 Å². The Hall–Kier alpha value is -3.43. The molecule has 3 aliphatic heterocycles. The van der Waals surface area contributed by atoms with Crippen LogP contribution >= 0.6 is 0 Å². The van der Waals surface area contributed by atoms with Gasteiger partial charge in [0.25, 0.3) is 0 Å². The molecular formula is C30H37N3O6. The summed E-state index contributed by atoms with van der Waals surface area (Å²) < 4.78 is 12.0. The lowest BCUT2D eigenvalue weighted by Gasteiger charge is -2.36. The highest BCUT2D eigenvalue weighted by Gasteiger charge is 2.79. The topological polar surface area (TPSA) is 117 Å². The summed E-state index contributed by atoms with van der Waals surface area (Å²) in [5.74, 6) is -1.72. The number of anilines is 2. The predicted molar refractivity (Wildman–Crippen MR) is 146 cm³/mol. The number of aliphatic hydroxyl groups is 1. The molecule has 2 bridgehead atoms. The van der Waals surface area contributed by atoms with Crippen molar-refractivity contribution in [2.75, 3.05) is 30.9 Å². The minimum Gasteiger partial charge on any atom is -0.497 e. The van der Waals surface area contributed by atoms with Crippen molar-refractivity contribution < 1.29 is 29.0 Å². The summed E-state index contributed by atoms with van der Waals surface area (Å²) >= 11 is 0. The first-order chi connectivity index (χ1) is 18.7. The molecule has 6 atom stereocenters. The van der Waals surface area contributed by atoms with Gasteiger partial charge in [0.2, 0.25) is 17.7 Å². The molecule has 39 heavy (non-hydrogen) atoms. The Morgan fingerprint density at radius 1 is 1.03 bits per heavy atom. The molecule has 9 nitrogen and oxygen atoms in total. The molecule has 3 heterocycles.